The van der Waals surface area contributed by atoms with Gasteiger partial charge in [-0.3, -0.25) is 4.79 Å². The summed E-state index contributed by atoms with van der Waals surface area (Å²) < 4.78 is 12.3. The van der Waals surface area contributed by atoms with Crippen LogP contribution in [-0.4, -0.2) is 12.5 Å². The lowest BCUT2D eigenvalue weighted by atomic mass is 10.1. The summed E-state index contributed by atoms with van der Waals surface area (Å²) in [5.41, 5.74) is 6.43. The van der Waals surface area contributed by atoms with Crippen molar-refractivity contribution >= 4 is 57.8 Å². The molecule has 2 rings (SSSR count). The summed E-state index contributed by atoms with van der Waals surface area (Å²) in [4.78, 5) is 11.3. The summed E-state index contributed by atoms with van der Waals surface area (Å²) in [6, 6.07) is 10.4. The minimum atomic E-state index is -0.789. The molecule has 5 nitrogen and oxygen atoms in total. The summed E-state index contributed by atoms with van der Waals surface area (Å²) in [6.07, 6.45) is 1.41. The highest BCUT2D eigenvalue weighted by atomic mass is 127. The highest BCUT2D eigenvalue weighted by Crippen LogP contribution is 2.36. The normalized spacial score (nSPS) is 11.0. The minimum Gasteiger partial charge on any atom is -0.490 e. The Morgan fingerprint density at radius 1 is 1.30 bits per heavy atom. The number of nitrogens with zero attached hydrogens (tertiary/aromatic N) is 1. The van der Waals surface area contributed by atoms with Crippen LogP contribution in [0.4, 0.5) is 0 Å². The van der Waals surface area contributed by atoms with Crippen molar-refractivity contribution in [1.29, 1.82) is 5.26 Å². The van der Waals surface area contributed by atoms with E-state index in [4.69, 9.17) is 43.7 Å². The van der Waals surface area contributed by atoms with Crippen molar-refractivity contribution in [2.75, 3.05) is 6.61 Å². The SMILES string of the molecule is CCOc1cc(/C=C(\C#N)C(N)=O)cc(I)c1OCc1ccc(Cl)cc1Cl. The summed E-state index contributed by atoms with van der Waals surface area (Å²) >= 11 is 14.2. The number of rotatable bonds is 7. The van der Waals surface area contributed by atoms with Gasteiger partial charge in [0.25, 0.3) is 5.91 Å². The second kappa shape index (κ2) is 9.83. The van der Waals surface area contributed by atoms with Crippen LogP contribution in [0.5, 0.6) is 11.5 Å². The smallest absolute Gasteiger partial charge is 0.259 e. The third-order valence-electron chi connectivity index (χ3n) is 3.42. The maximum absolute atomic E-state index is 11.3. The summed E-state index contributed by atoms with van der Waals surface area (Å²) in [7, 11) is 0. The first-order valence-electron chi connectivity index (χ1n) is 7.80. The van der Waals surface area contributed by atoms with Gasteiger partial charge in [0.2, 0.25) is 0 Å². The van der Waals surface area contributed by atoms with Crippen LogP contribution in [0.3, 0.4) is 0 Å². The molecule has 0 fully saturated rings. The number of hydrogen-bond acceptors (Lipinski definition) is 4. The number of hydrogen-bond donors (Lipinski definition) is 1. The summed E-state index contributed by atoms with van der Waals surface area (Å²) in [5.74, 6) is 0.240. The monoisotopic (exact) mass is 516 g/mol. The van der Waals surface area contributed by atoms with E-state index in [2.05, 4.69) is 22.6 Å². The van der Waals surface area contributed by atoms with Gasteiger partial charge in [0.1, 0.15) is 18.2 Å². The maximum atomic E-state index is 11.3. The lowest BCUT2D eigenvalue weighted by molar-refractivity contribution is -0.114. The fourth-order valence-corrected chi connectivity index (χ4v) is 3.43. The van der Waals surface area contributed by atoms with Crippen LogP contribution in [0.1, 0.15) is 18.1 Å². The van der Waals surface area contributed by atoms with E-state index in [1.807, 2.05) is 6.92 Å². The molecule has 0 unspecified atom stereocenters. The van der Waals surface area contributed by atoms with Gasteiger partial charge in [0.05, 0.1) is 10.2 Å². The fraction of sp³-hybridized carbons (Fsp3) is 0.158. The Balaban J connectivity index is 2.36. The highest BCUT2D eigenvalue weighted by molar-refractivity contribution is 14.1. The molecule has 0 heterocycles. The van der Waals surface area contributed by atoms with Crippen molar-refractivity contribution in [2.45, 2.75) is 13.5 Å². The molecule has 0 aromatic heterocycles. The van der Waals surface area contributed by atoms with E-state index in [0.717, 1.165) is 9.13 Å². The van der Waals surface area contributed by atoms with Crippen molar-refractivity contribution in [1.82, 2.24) is 0 Å². The molecular weight excluding hydrogens is 502 g/mol. The van der Waals surface area contributed by atoms with Gasteiger partial charge >= 0.3 is 0 Å². The van der Waals surface area contributed by atoms with E-state index in [1.54, 1.807) is 36.4 Å². The number of amides is 1. The van der Waals surface area contributed by atoms with Crippen LogP contribution < -0.4 is 15.2 Å². The molecule has 2 aromatic rings. The van der Waals surface area contributed by atoms with Crippen LogP contribution in [0, 0.1) is 14.9 Å². The van der Waals surface area contributed by atoms with E-state index in [-0.39, 0.29) is 12.2 Å². The third kappa shape index (κ3) is 5.76. The van der Waals surface area contributed by atoms with E-state index < -0.39 is 5.91 Å². The molecule has 0 atom stereocenters. The van der Waals surface area contributed by atoms with Crippen LogP contribution in [-0.2, 0) is 11.4 Å². The lowest BCUT2D eigenvalue weighted by Gasteiger charge is -2.15. The molecule has 2 aromatic carbocycles. The molecule has 27 heavy (non-hydrogen) atoms. The number of carbonyl (C=O) groups is 1. The second-order valence-electron chi connectivity index (χ2n) is 5.32. The third-order valence-corrected chi connectivity index (χ3v) is 4.80. The number of nitrogens with two attached hydrogens (primary N) is 1. The van der Waals surface area contributed by atoms with Crippen molar-refractivity contribution < 1.29 is 14.3 Å². The first-order valence-corrected chi connectivity index (χ1v) is 9.63. The predicted molar refractivity (Wildman–Crippen MR) is 114 cm³/mol. The number of benzene rings is 2. The van der Waals surface area contributed by atoms with Gasteiger partial charge in [-0.15, -0.1) is 0 Å². The van der Waals surface area contributed by atoms with Gasteiger partial charge in [-0.2, -0.15) is 5.26 Å². The largest absolute Gasteiger partial charge is 0.490 e. The molecule has 1 amide bonds. The topological polar surface area (TPSA) is 85.3 Å². The molecule has 8 heteroatoms. The number of nitriles is 1. The molecule has 0 spiro atoms. The first-order chi connectivity index (χ1) is 12.8. The van der Waals surface area contributed by atoms with Crippen LogP contribution in [0.15, 0.2) is 35.9 Å². The van der Waals surface area contributed by atoms with Gasteiger partial charge in [-0.1, -0.05) is 29.3 Å². The van der Waals surface area contributed by atoms with Crippen molar-refractivity contribution in [3.05, 3.63) is 60.6 Å². The molecule has 2 N–H and O–H groups in total. The molecule has 0 saturated carbocycles. The molecule has 0 bridgehead atoms. The molecule has 0 saturated heterocycles. The Bertz CT molecular complexity index is 939. The lowest BCUT2D eigenvalue weighted by Crippen LogP contribution is -2.12. The standard InChI is InChI=1S/C19H15Cl2IN2O3/c1-2-26-17-7-11(5-13(9-23)19(24)25)6-16(22)18(17)27-10-12-3-4-14(20)8-15(12)21/h3-8H,2,10H2,1H3,(H2,24,25)/b13-5+. The molecule has 0 aliphatic carbocycles. The Morgan fingerprint density at radius 2 is 2.04 bits per heavy atom. The summed E-state index contributed by atoms with van der Waals surface area (Å²) in [5, 5.41) is 10.1. The number of primary amides is 1. The van der Waals surface area contributed by atoms with E-state index >= 15 is 0 Å². The van der Waals surface area contributed by atoms with Gasteiger partial charge < -0.3 is 15.2 Å². The van der Waals surface area contributed by atoms with Crippen molar-refractivity contribution in [3.63, 3.8) is 0 Å². The Kier molecular flexibility index (Phi) is 7.78. The van der Waals surface area contributed by atoms with E-state index in [0.29, 0.717) is 33.7 Å². The zero-order valence-electron chi connectivity index (χ0n) is 14.3. The first kappa shape index (κ1) is 21.4. The van der Waals surface area contributed by atoms with E-state index in [9.17, 15) is 4.79 Å². The Hall–Kier alpha value is -1.95. The minimum absolute atomic E-state index is 0.144. The van der Waals surface area contributed by atoms with Crippen molar-refractivity contribution in [3.8, 4) is 17.6 Å². The van der Waals surface area contributed by atoms with Gasteiger partial charge in [-0.25, -0.2) is 0 Å². The average Bonchev–Trinajstić information content (AvgIpc) is 2.60. The zero-order chi connectivity index (χ0) is 20.0. The average molecular weight is 517 g/mol. The number of ether oxygens (including phenoxy) is 2. The van der Waals surface area contributed by atoms with Crippen LogP contribution in [0.2, 0.25) is 10.0 Å². The number of halogens is 3. The molecule has 0 aliphatic rings. The summed E-state index contributed by atoms with van der Waals surface area (Å²) in [6.45, 7) is 2.49. The van der Waals surface area contributed by atoms with Gasteiger partial charge in [0.15, 0.2) is 11.5 Å². The Labute approximate surface area is 180 Å². The molecule has 0 radical (unpaired) electrons. The predicted octanol–water partition coefficient (Wildman–Crippen LogP) is 4.97. The van der Waals surface area contributed by atoms with Crippen LogP contribution >= 0.6 is 45.8 Å². The fourth-order valence-electron chi connectivity index (χ4n) is 2.19. The van der Waals surface area contributed by atoms with Gasteiger partial charge in [0, 0.05) is 15.6 Å². The quantitative estimate of drug-likeness (QED) is 0.320. The highest BCUT2D eigenvalue weighted by Gasteiger charge is 2.14. The van der Waals surface area contributed by atoms with Crippen LogP contribution in [0.25, 0.3) is 6.08 Å². The molecular formula is C19H15Cl2IN2O3. The second-order valence-corrected chi connectivity index (χ2v) is 7.33. The molecule has 0 aliphatic heterocycles. The van der Waals surface area contributed by atoms with E-state index in [1.165, 1.54) is 6.08 Å². The van der Waals surface area contributed by atoms with Crippen molar-refractivity contribution in [2.24, 2.45) is 5.73 Å². The van der Waals surface area contributed by atoms with Gasteiger partial charge in [-0.05, 0) is 65.4 Å². The Morgan fingerprint density at radius 3 is 2.63 bits per heavy atom. The molecule has 140 valence electrons. The number of carbonyl (C=O) groups excluding carboxylic acids is 1. The zero-order valence-corrected chi connectivity index (χ0v) is 17.9. The maximum Gasteiger partial charge on any atom is 0.259 e.